The van der Waals surface area contributed by atoms with Crippen LogP contribution in [-0.4, -0.2) is 18.3 Å². The van der Waals surface area contributed by atoms with E-state index in [1.54, 1.807) is 7.11 Å². The molecular weight excluding hydrogens is 318 g/mol. The fraction of sp³-hybridized carbons (Fsp3) is 0.625. The lowest BCUT2D eigenvalue weighted by molar-refractivity contribution is -0.0767. The van der Waals surface area contributed by atoms with Gasteiger partial charge in [0.25, 0.3) is 0 Å². The minimum atomic E-state index is -0.231. The van der Waals surface area contributed by atoms with E-state index in [1.807, 2.05) is 18.2 Å². The predicted molar refractivity (Wildman–Crippen MR) is 85.0 cm³/mol. The monoisotopic (exact) mass is 341 g/mol. The van der Waals surface area contributed by atoms with E-state index < -0.39 is 0 Å². The van der Waals surface area contributed by atoms with Crippen LogP contribution in [0.2, 0.25) is 0 Å². The maximum atomic E-state index is 6.56. The summed E-state index contributed by atoms with van der Waals surface area (Å²) in [4.78, 5) is 0. The number of hydrogen-bond acceptors (Lipinski definition) is 3. The summed E-state index contributed by atoms with van der Waals surface area (Å²) in [5.41, 5.74) is 7.27. The molecule has 20 heavy (non-hydrogen) atoms. The van der Waals surface area contributed by atoms with Crippen molar-refractivity contribution in [2.45, 2.75) is 51.4 Å². The lowest BCUT2D eigenvalue weighted by Crippen LogP contribution is -2.36. The number of methoxy groups -OCH3 is 1. The Hall–Kier alpha value is -0.580. The molecule has 4 heteroatoms. The third-order valence-electron chi connectivity index (χ3n) is 4.14. The average molecular weight is 342 g/mol. The van der Waals surface area contributed by atoms with Crippen molar-refractivity contribution >= 4 is 15.9 Å². The zero-order valence-corrected chi connectivity index (χ0v) is 14.5. The van der Waals surface area contributed by atoms with Crippen molar-refractivity contribution in [3.8, 4) is 5.75 Å². The fourth-order valence-corrected chi connectivity index (χ4v) is 3.80. The number of benzene rings is 1. The second kappa shape index (κ2) is 5.32. The SMILES string of the molecule is COc1ccc(Br)c(C(N)C2CC(C)(C)OC2(C)C)c1. The van der Waals surface area contributed by atoms with Crippen LogP contribution < -0.4 is 10.5 Å². The Labute approximate surface area is 130 Å². The molecule has 2 N–H and O–H groups in total. The summed E-state index contributed by atoms with van der Waals surface area (Å²) in [5.74, 6) is 1.09. The molecular formula is C16H24BrNO2. The van der Waals surface area contributed by atoms with Crippen LogP contribution >= 0.6 is 15.9 Å². The van der Waals surface area contributed by atoms with E-state index in [0.29, 0.717) is 0 Å². The van der Waals surface area contributed by atoms with Crippen LogP contribution in [0.3, 0.4) is 0 Å². The van der Waals surface area contributed by atoms with Gasteiger partial charge in [-0.05, 0) is 57.9 Å². The summed E-state index contributed by atoms with van der Waals surface area (Å²) in [5, 5.41) is 0. The van der Waals surface area contributed by atoms with Gasteiger partial charge in [-0.2, -0.15) is 0 Å². The number of ether oxygens (including phenoxy) is 2. The lowest BCUT2D eigenvalue weighted by atomic mass is 9.79. The van der Waals surface area contributed by atoms with Gasteiger partial charge in [0.2, 0.25) is 0 Å². The van der Waals surface area contributed by atoms with E-state index in [2.05, 4.69) is 43.6 Å². The normalized spacial score (nSPS) is 25.4. The Morgan fingerprint density at radius 2 is 2.00 bits per heavy atom. The molecule has 0 bridgehead atoms. The molecule has 0 spiro atoms. The van der Waals surface area contributed by atoms with Crippen molar-refractivity contribution in [1.29, 1.82) is 0 Å². The Kier molecular flexibility index (Phi) is 4.20. The minimum Gasteiger partial charge on any atom is -0.497 e. The third-order valence-corrected chi connectivity index (χ3v) is 4.86. The molecule has 1 aliphatic rings. The third kappa shape index (κ3) is 3.02. The number of nitrogens with two attached hydrogens (primary N) is 1. The van der Waals surface area contributed by atoms with Crippen molar-refractivity contribution < 1.29 is 9.47 Å². The largest absolute Gasteiger partial charge is 0.497 e. The Morgan fingerprint density at radius 1 is 1.35 bits per heavy atom. The highest BCUT2D eigenvalue weighted by molar-refractivity contribution is 9.10. The van der Waals surface area contributed by atoms with E-state index in [-0.39, 0.29) is 23.2 Å². The minimum absolute atomic E-state index is 0.0868. The fourth-order valence-electron chi connectivity index (χ4n) is 3.29. The van der Waals surface area contributed by atoms with E-state index in [9.17, 15) is 0 Å². The molecule has 1 saturated heterocycles. The molecule has 0 saturated carbocycles. The van der Waals surface area contributed by atoms with Crippen molar-refractivity contribution in [3.05, 3.63) is 28.2 Å². The van der Waals surface area contributed by atoms with Crippen LogP contribution in [-0.2, 0) is 4.74 Å². The molecule has 0 amide bonds. The maximum Gasteiger partial charge on any atom is 0.119 e. The smallest absolute Gasteiger partial charge is 0.119 e. The van der Waals surface area contributed by atoms with Gasteiger partial charge in [-0.3, -0.25) is 0 Å². The topological polar surface area (TPSA) is 44.5 Å². The van der Waals surface area contributed by atoms with E-state index in [4.69, 9.17) is 15.2 Å². The molecule has 0 radical (unpaired) electrons. The van der Waals surface area contributed by atoms with E-state index in [1.165, 1.54) is 0 Å². The molecule has 2 rings (SSSR count). The first-order chi connectivity index (χ1) is 9.16. The summed E-state index contributed by atoms with van der Waals surface area (Å²) >= 11 is 3.60. The van der Waals surface area contributed by atoms with Crippen LogP contribution in [0.15, 0.2) is 22.7 Å². The highest BCUT2D eigenvalue weighted by Gasteiger charge is 2.48. The van der Waals surface area contributed by atoms with E-state index in [0.717, 1.165) is 22.2 Å². The van der Waals surface area contributed by atoms with Crippen LogP contribution in [0.5, 0.6) is 5.75 Å². The lowest BCUT2D eigenvalue weighted by Gasteiger charge is -2.31. The quantitative estimate of drug-likeness (QED) is 0.901. The summed E-state index contributed by atoms with van der Waals surface area (Å²) in [6.45, 7) is 8.50. The number of rotatable bonds is 3. The summed E-state index contributed by atoms with van der Waals surface area (Å²) in [6.07, 6.45) is 0.949. The number of hydrogen-bond donors (Lipinski definition) is 1. The van der Waals surface area contributed by atoms with Gasteiger partial charge in [-0.15, -0.1) is 0 Å². The Balaban J connectivity index is 2.34. The molecule has 2 atom stereocenters. The van der Waals surface area contributed by atoms with Crippen molar-refractivity contribution in [1.82, 2.24) is 0 Å². The molecule has 2 unspecified atom stereocenters. The first kappa shape index (κ1) is 15.8. The summed E-state index contributed by atoms with van der Waals surface area (Å²) < 4.78 is 12.5. The summed E-state index contributed by atoms with van der Waals surface area (Å²) in [7, 11) is 1.67. The van der Waals surface area contributed by atoms with Gasteiger partial charge in [0.05, 0.1) is 18.3 Å². The molecule has 1 fully saturated rings. The highest BCUT2D eigenvalue weighted by atomic mass is 79.9. The standard InChI is InChI=1S/C16H24BrNO2/c1-15(2)9-12(16(3,4)20-15)14(18)11-8-10(19-5)6-7-13(11)17/h6-8,12,14H,9,18H2,1-5H3. The van der Waals surface area contributed by atoms with Gasteiger partial charge in [0.15, 0.2) is 0 Å². The highest BCUT2D eigenvalue weighted by Crippen LogP contribution is 2.48. The van der Waals surface area contributed by atoms with Crippen molar-refractivity contribution in [2.75, 3.05) is 7.11 Å². The second-order valence-electron chi connectivity index (χ2n) is 6.69. The van der Waals surface area contributed by atoms with Gasteiger partial charge >= 0.3 is 0 Å². The van der Waals surface area contributed by atoms with Crippen LogP contribution in [0, 0.1) is 5.92 Å². The van der Waals surface area contributed by atoms with E-state index >= 15 is 0 Å². The van der Waals surface area contributed by atoms with Crippen molar-refractivity contribution in [2.24, 2.45) is 11.7 Å². The summed E-state index contributed by atoms with van der Waals surface area (Å²) in [6, 6.07) is 5.84. The molecule has 0 aromatic heterocycles. The second-order valence-corrected chi connectivity index (χ2v) is 7.54. The molecule has 112 valence electrons. The Bertz CT molecular complexity index is 499. The van der Waals surface area contributed by atoms with Gasteiger partial charge in [0, 0.05) is 16.4 Å². The Morgan fingerprint density at radius 3 is 2.50 bits per heavy atom. The molecule has 1 aliphatic heterocycles. The first-order valence-corrected chi connectivity index (χ1v) is 7.75. The van der Waals surface area contributed by atoms with Gasteiger partial charge < -0.3 is 15.2 Å². The predicted octanol–water partition coefficient (Wildman–Crippen LogP) is 4.05. The van der Waals surface area contributed by atoms with Gasteiger partial charge in [0.1, 0.15) is 5.75 Å². The molecule has 0 aliphatic carbocycles. The zero-order chi connectivity index (χ0) is 15.1. The molecule has 3 nitrogen and oxygen atoms in total. The van der Waals surface area contributed by atoms with Crippen LogP contribution in [0.1, 0.15) is 45.7 Å². The van der Waals surface area contributed by atoms with Crippen LogP contribution in [0.4, 0.5) is 0 Å². The molecule has 1 heterocycles. The molecule has 1 aromatic carbocycles. The van der Waals surface area contributed by atoms with Crippen molar-refractivity contribution in [3.63, 3.8) is 0 Å². The maximum absolute atomic E-state index is 6.56. The van der Waals surface area contributed by atoms with Crippen LogP contribution in [0.25, 0.3) is 0 Å². The van der Waals surface area contributed by atoms with Gasteiger partial charge in [-0.1, -0.05) is 15.9 Å². The number of halogens is 1. The van der Waals surface area contributed by atoms with Gasteiger partial charge in [-0.25, -0.2) is 0 Å². The molecule has 1 aromatic rings. The average Bonchev–Trinajstić information content (AvgIpc) is 2.57. The first-order valence-electron chi connectivity index (χ1n) is 6.95. The zero-order valence-electron chi connectivity index (χ0n) is 12.9.